The molecule has 3 rings (SSSR count). The first-order valence-corrected chi connectivity index (χ1v) is 10.8. The van der Waals surface area contributed by atoms with Crippen LogP contribution < -0.4 is 10.0 Å². The molecule has 0 saturated carbocycles. The summed E-state index contributed by atoms with van der Waals surface area (Å²) in [6.45, 7) is 3.12. The van der Waals surface area contributed by atoms with Crippen molar-refractivity contribution in [3.05, 3.63) is 88.4 Å². The number of hydrogen-bond acceptors (Lipinski definition) is 4. The van der Waals surface area contributed by atoms with Gasteiger partial charge in [-0.05, 0) is 67.9 Å². The van der Waals surface area contributed by atoms with Gasteiger partial charge >= 0.3 is 0 Å². The topological polar surface area (TPSA) is 92.3 Å². The van der Waals surface area contributed by atoms with E-state index in [9.17, 15) is 18.0 Å². The summed E-state index contributed by atoms with van der Waals surface area (Å²) < 4.78 is 28.2. The first-order chi connectivity index (χ1) is 14.2. The Kier molecular flexibility index (Phi) is 6.24. The van der Waals surface area contributed by atoms with Gasteiger partial charge in [-0.15, -0.1) is 0 Å². The maximum atomic E-state index is 12.8. The predicted octanol–water partition coefficient (Wildman–Crippen LogP) is 4.90. The third kappa shape index (κ3) is 5.06. The minimum atomic E-state index is -3.88. The zero-order valence-electron chi connectivity index (χ0n) is 16.3. The van der Waals surface area contributed by atoms with Crippen LogP contribution in [0.2, 0.25) is 5.02 Å². The highest BCUT2D eigenvalue weighted by molar-refractivity contribution is 7.92. The van der Waals surface area contributed by atoms with E-state index in [1.807, 2.05) is 0 Å². The van der Waals surface area contributed by atoms with Gasteiger partial charge < -0.3 is 5.32 Å². The minimum Gasteiger partial charge on any atom is -0.322 e. The van der Waals surface area contributed by atoms with Crippen LogP contribution in [-0.4, -0.2) is 20.1 Å². The third-order valence-corrected chi connectivity index (χ3v) is 6.16. The highest BCUT2D eigenvalue weighted by Crippen LogP contribution is 2.24. The molecule has 0 aromatic heterocycles. The number of rotatable bonds is 6. The van der Waals surface area contributed by atoms with Crippen LogP contribution in [0.15, 0.2) is 71.6 Å². The Labute approximate surface area is 179 Å². The third-order valence-electron chi connectivity index (χ3n) is 4.39. The van der Waals surface area contributed by atoms with Crippen molar-refractivity contribution < 1.29 is 18.0 Å². The van der Waals surface area contributed by atoms with Crippen molar-refractivity contribution in [2.45, 2.75) is 18.7 Å². The summed E-state index contributed by atoms with van der Waals surface area (Å²) in [5.74, 6) is -0.508. The van der Waals surface area contributed by atoms with E-state index in [0.717, 1.165) is 0 Å². The number of Topliss-reactive ketones (excluding diaryl/α,β-unsaturated/α-hetero) is 1. The number of nitrogens with one attached hydrogen (secondary N) is 2. The van der Waals surface area contributed by atoms with Crippen molar-refractivity contribution in [1.82, 2.24) is 0 Å². The van der Waals surface area contributed by atoms with E-state index in [1.165, 1.54) is 13.0 Å². The van der Waals surface area contributed by atoms with Gasteiger partial charge in [0.05, 0.1) is 4.90 Å². The van der Waals surface area contributed by atoms with Gasteiger partial charge in [0.1, 0.15) is 0 Å². The van der Waals surface area contributed by atoms with Crippen molar-refractivity contribution in [3.63, 3.8) is 0 Å². The summed E-state index contributed by atoms with van der Waals surface area (Å²) in [6.07, 6.45) is 0. The maximum Gasteiger partial charge on any atom is 0.262 e. The van der Waals surface area contributed by atoms with E-state index in [2.05, 4.69) is 10.0 Å². The van der Waals surface area contributed by atoms with Gasteiger partial charge in [-0.25, -0.2) is 8.42 Å². The molecule has 0 heterocycles. The summed E-state index contributed by atoms with van der Waals surface area (Å²) >= 11 is 5.83. The van der Waals surface area contributed by atoms with Crippen molar-refractivity contribution in [1.29, 1.82) is 0 Å². The molecule has 0 aliphatic heterocycles. The maximum absolute atomic E-state index is 12.8. The van der Waals surface area contributed by atoms with Crippen LogP contribution in [0.4, 0.5) is 11.4 Å². The van der Waals surface area contributed by atoms with Crippen molar-refractivity contribution in [2.75, 3.05) is 10.0 Å². The molecule has 0 fully saturated rings. The molecule has 0 atom stereocenters. The lowest BCUT2D eigenvalue weighted by Crippen LogP contribution is -2.16. The molecule has 0 aliphatic rings. The van der Waals surface area contributed by atoms with Crippen LogP contribution in [0.3, 0.4) is 0 Å². The predicted molar refractivity (Wildman–Crippen MR) is 118 cm³/mol. The number of anilines is 2. The quantitative estimate of drug-likeness (QED) is 0.531. The second-order valence-corrected chi connectivity index (χ2v) is 8.77. The lowest BCUT2D eigenvalue weighted by molar-refractivity contribution is 0.100. The van der Waals surface area contributed by atoms with Crippen LogP contribution in [0.5, 0.6) is 0 Å². The summed E-state index contributed by atoms with van der Waals surface area (Å²) in [5, 5.41) is 3.18. The number of amides is 1. The SMILES string of the molecule is CC(=O)c1ccc(C(=O)Nc2ccc(C)c(S(=O)(=O)Nc3ccc(Cl)cc3)c2)cc1. The first-order valence-electron chi connectivity index (χ1n) is 8.97. The molecule has 0 radical (unpaired) electrons. The Morgan fingerprint density at radius 3 is 2.00 bits per heavy atom. The molecule has 0 spiro atoms. The molecule has 3 aromatic carbocycles. The van der Waals surface area contributed by atoms with Crippen LogP contribution in [-0.2, 0) is 10.0 Å². The number of halogens is 1. The van der Waals surface area contributed by atoms with Gasteiger partial charge in [0.25, 0.3) is 15.9 Å². The number of ketones is 1. The van der Waals surface area contributed by atoms with Gasteiger partial charge in [0.2, 0.25) is 0 Å². The summed E-state index contributed by atoms with van der Waals surface area (Å²) in [5.41, 5.74) is 2.09. The summed E-state index contributed by atoms with van der Waals surface area (Å²) in [7, 11) is -3.88. The fourth-order valence-corrected chi connectivity index (χ4v) is 4.21. The van der Waals surface area contributed by atoms with Gasteiger partial charge in [-0.2, -0.15) is 0 Å². The average Bonchev–Trinajstić information content (AvgIpc) is 2.71. The lowest BCUT2D eigenvalue weighted by atomic mass is 10.1. The Morgan fingerprint density at radius 2 is 1.40 bits per heavy atom. The largest absolute Gasteiger partial charge is 0.322 e. The second kappa shape index (κ2) is 8.69. The molecule has 0 aliphatic carbocycles. The fourth-order valence-electron chi connectivity index (χ4n) is 2.75. The van der Waals surface area contributed by atoms with Crippen molar-refractivity contribution >= 4 is 44.7 Å². The monoisotopic (exact) mass is 442 g/mol. The Morgan fingerprint density at radius 1 is 0.833 bits per heavy atom. The van der Waals surface area contributed by atoms with Crippen LogP contribution in [0.25, 0.3) is 0 Å². The highest BCUT2D eigenvalue weighted by atomic mass is 35.5. The molecule has 0 saturated heterocycles. The molecule has 6 nitrogen and oxygen atoms in total. The summed E-state index contributed by atoms with van der Waals surface area (Å²) in [4.78, 5) is 23.9. The van der Waals surface area contributed by atoms with E-state index in [0.29, 0.717) is 33.1 Å². The Hall–Kier alpha value is -3.16. The van der Waals surface area contributed by atoms with Crippen LogP contribution in [0.1, 0.15) is 33.2 Å². The van der Waals surface area contributed by atoms with Crippen LogP contribution in [0, 0.1) is 6.92 Å². The molecule has 0 bridgehead atoms. The molecule has 3 aromatic rings. The molecule has 2 N–H and O–H groups in total. The molecular weight excluding hydrogens is 424 g/mol. The Bertz CT molecular complexity index is 1200. The van der Waals surface area contributed by atoms with Gasteiger partial charge in [0, 0.05) is 27.5 Å². The van der Waals surface area contributed by atoms with Crippen molar-refractivity contribution in [2.24, 2.45) is 0 Å². The van der Waals surface area contributed by atoms with Gasteiger partial charge in [-0.1, -0.05) is 29.8 Å². The molecule has 30 heavy (non-hydrogen) atoms. The van der Waals surface area contributed by atoms with Crippen molar-refractivity contribution in [3.8, 4) is 0 Å². The first kappa shape index (κ1) is 21.5. The van der Waals surface area contributed by atoms with E-state index < -0.39 is 15.9 Å². The molecule has 8 heteroatoms. The molecular formula is C22H19ClN2O4S. The zero-order valence-corrected chi connectivity index (χ0v) is 17.8. The number of carbonyl (C=O) groups is 2. The summed E-state index contributed by atoms with van der Waals surface area (Å²) in [6, 6.07) is 17.1. The highest BCUT2D eigenvalue weighted by Gasteiger charge is 2.18. The lowest BCUT2D eigenvalue weighted by Gasteiger charge is -2.13. The van der Waals surface area contributed by atoms with E-state index >= 15 is 0 Å². The van der Waals surface area contributed by atoms with E-state index in [4.69, 9.17) is 11.6 Å². The average molecular weight is 443 g/mol. The number of hydrogen-bond donors (Lipinski definition) is 2. The number of carbonyl (C=O) groups excluding carboxylic acids is 2. The smallest absolute Gasteiger partial charge is 0.262 e. The van der Waals surface area contributed by atoms with Crippen LogP contribution >= 0.6 is 11.6 Å². The van der Waals surface area contributed by atoms with E-state index in [1.54, 1.807) is 67.6 Å². The van der Waals surface area contributed by atoms with Gasteiger partial charge in [0.15, 0.2) is 5.78 Å². The standard InChI is InChI=1S/C22H19ClN2O4S/c1-14-3-10-20(24-22(27)17-6-4-16(5-7-17)15(2)26)13-21(14)30(28,29)25-19-11-8-18(23)9-12-19/h3-13,25H,1-2H3,(H,24,27). The molecule has 1 amide bonds. The number of sulfonamides is 1. The Balaban J connectivity index is 1.82. The second-order valence-electron chi connectivity index (χ2n) is 6.68. The molecule has 154 valence electrons. The normalized spacial score (nSPS) is 11.0. The van der Waals surface area contributed by atoms with Gasteiger partial charge in [-0.3, -0.25) is 14.3 Å². The fraction of sp³-hybridized carbons (Fsp3) is 0.0909. The minimum absolute atomic E-state index is 0.0437. The zero-order chi connectivity index (χ0) is 21.9. The number of aryl methyl sites for hydroxylation is 1. The number of benzene rings is 3. The van der Waals surface area contributed by atoms with E-state index in [-0.39, 0.29) is 10.7 Å². The molecule has 0 unspecified atom stereocenters.